The van der Waals surface area contributed by atoms with Crippen LogP contribution in [0.1, 0.15) is 9.67 Å². The molecule has 1 amide bonds. The van der Waals surface area contributed by atoms with E-state index < -0.39 is 0 Å². The van der Waals surface area contributed by atoms with Crippen LogP contribution in [0.3, 0.4) is 0 Å². The van der Waals surface area contributed by atoms with Crippen LogP contribution in [0.25, 0.3) is 10.1 Å². The van der Waals surface area contributed by atoms with Gasteiger partial charge < -0.3 is 0 Å². The minimum atomic E-state index is -0.345. The highest BCUT2D eigenvalue weighted by Crippen LogP contribution is 2.34. The van der Waals surface area contributed by atoms with Crippen LogP contribution in [-0.4, -0.2) is 18.3 Å². The molecule has 7 heteroatoms. The van der Waals surface area contributed by atoms with E-state index in [-0.39, 0.29) is 5.91 Å². The molecule has 0 spiro atoms. The molecule has 0 aliphatic heterocycles. The smallest absolute Gasteiger partial charge is 0.278 e. The Bertz CT molecular complexity index is 905. The van der Waals surface area contributed by atoms with E-state index in [0.29, 0.717) is 9.90 Å². The highest BCUT2D eigenvalue weighted by atomic mass is 35.5. The second kappa shape index (κ2) is 7.72. The number of thiophene rings is 1. The van der Waals surface area contributed by atoms with Gasteiger partial charge in [0.1, 0.15) is 4.88 Å². The number of anilines is 1. The van der Waals surface area contributed by atoms with E-state index in [2.05, 4.69) is 21.1 Å². The van der Waals surface area contributed by atoms with Gasteiger partial charge >= 0.3 is 0 Å². The molecule has 2 N–H and O–H groups in total. The van der Waals surface area contributed by atoms with E-state index >= 15 is 0 Å². The molecule has 24 heavy (non-hydrogen) atoms. The maximum absolute atomic E-state index is 12.1. The second-order valence-corrected chi connectivity index (χ2v) is 6.15. The maximum atomic E-state index is 12.1. The predicted octanol–water partition coefficient (Wildman–Crippen LogP) is 4.37. The number of carbonyl (C=O) groups excluding carboxylic acids is 1. The lowest BCUT2D eigenvalue weighted by atomic mass is 10.2. The normalized spacial score (nSPS) is 11.4. The van der Waals surface area contributed by atoms with Crippen LogP contribution in [0.4, 0.5) is 5.69 Å². The van der Waals surface area contributed by atoms with E-state index in [1.807, 2.05) is 54.6 Å². The second-order valence-electron chi connectivity index (χ2n) is 4.72. The van der Waals surface area contributed by atoms with Crippen LogP contribution < -0.4 is 10.9 Å². The molecule has 1 aromatic heterocycles. The molecule has 0 bridgehead atoms. The SMILES string of the molecule is O=C(N/N=C/C=N/Nc1ccccc1)c1sc2ccccc2c1Cl. The van der Waals surface area contributed by atoms with Crippen molar-refractivity contribution < 1.29 is 4.79 Å². The minimum Gasteiger partial charge on any atom is -0.278 e. The topological polar surface area (TPSA) is 65.8 Å². The summed E-state index contributed by atoms with van der Waals surface area (Å²) in [6, 6.07) is 17.1. The number of fused-ring (bicyclic) bond motifs is 1. The van der Waals surface area contributed by atoms with E-state index in [1.165, 1.54) is 23.8 Å². The summed E-state index contributed by atoms with van der Waals surface area (Å²) < 4.78 is 0.963. The fraction of sp³-hybridized carbons (Fsp3) is 0. The fourth-order valence-corrected chi connectivity index (χ4v) is 3.40. The van der Waals surface area contributed by atoms with Crippen LogP contribution in [0.15, 0.2) is 64.8 Å². The molecule has 3 aromatic rings. The lowest BCUT2D eigenvalue weighted by molar-refractivity contribution is 0.0959. The molecule has 0 saturated carbocycles. The summed E-state index contributed by atoms with van der Waals surface area (Å²) >= 11 is 7.58. The number of carbonyl (C=O) groups is 1. The first-order valence-corrected chi connectivity index (χ1v) is 8.28. The Morgan fingerprint density at radius 2 is 1.71 bits per heavy atom. The van der Waals surface area contributed by atoms with Gasteiger partial charge in [-0.25, -0.2) is 5.43 Å². The summed E-state index contributed by atoms with van der Waals surface area (Å²) in [5.74, 6) is -0.345. The van der Waals surface area contributed by atoms with E-state index in [9.17, 15) is 4.79 Å². The van der Waals surface area contributed by atoms with E-state index in [1.54, 1.807) is 0 Å². The summed E-state index contributed by atoms with van der Waals surface area (Å²) in [6.07, 6.45) is 2.83. The Hall–Kier alpha value is -2.70. The third-order valence-corrected chi connectivity index (χ3v) is 4.76. The molecule has 0 saturated heterocycles. The summed E-state index contributed by atoms with van der Waals surface area (Å²) in [7, 11) is 0. The monoisotopic (exact) mass is 356 g/mol. The first-order chi connectivity index (χ1) is 11.8. The Balaban J connectivity index is 1.57. The number of benzene rings is 2. The summed E-state index contributed by atoms with van der Waals surface area (Å²) in [6.45, 7) is 0. The van der Waals surface area contributed by atoms with Gasteiger partial charge in [0.15, 0.2) is 0 Å². The molecule has 1 heterocycles. The molecule has 3 rings (SSSR count). The summed E-state index contributed by atoms with van der Waals surface area (Å²) in [5, 5.41) is 9.10. The fourth-order valence-electron chi connectivity index (χ4n) is 2.00. The van der Waals surface area contributed by atoms with Gasteiger partial charge in [0.2, 0.25) is 0 Å². The van der Waals surface area contributed by atoms with Crippen LogP contribution in [0.5, 0.6) is 0 Å². The Morgan fingerprint density at radius 3 is 2.50 bits per heavy atom. The number of amides is 1. The molecule has 0 aliphatic carbocycles. The highest BCUT2D eigenvalue weighted by molar-refractivity contribution is 7.21. The molecule has 120 valence electrons. The number of halogens is 1. The predicted molar refractivity (Wildman–Crippen MR) is 101 cm³/mol. The number of rotatable bonds is 5. The van der Waals surface area contributed by atoms with Crippen molar-refractivity contribution in [1.29, 1.82) is 0 Å². The Labute approximate surface area is 147 Å². The van der Waals surface area contributed by atoms with Crippen molar-refractivity contribution in [2.24, 2.45) is 10.2 Å². The summed E-state index contributed by atoms with van der Waals surface area (Å²) in [4.78, 5) is 12.6. The molecule has 5 nitrogen and oxygen atoms in total. The number of para-hydroxylation sites is 1. The highest BCUT2D eigenvalue weighted by Gasteiger charge is 2.16. The first-order valence-electron chi connectivity index (χ1n) is 7.09. The zero-order valence-electron chi connectivity index (χ0n) is 12.4. The number of nitrogens with zero attached hydrogens (tertiary/aromatic N) is 2. The van der Waals surface area contributed by atoms with Crippen molar-refractivity contribution in [2.45, 2.75) is 0 Å². The molecular formula is C17H13ClN4OS. The van der Waals surface area contributed by atoms with Crippen LogP contribution in [-0.2, 0) is 0 Å². The number of hydrazone groups is 2. The van der Waals surface area contributed by atoms with Gasteiger partial charge in [-0.15, -0.1) is 11.3 Å². The van der Waals surface area contributed by atoms with Crippen molar-refractivity contribution in [1.82, 2.24) is 5.43 Å². The molecule has 0 radical (unpaired) electrons. The van der Waals surface area contributed by atoms with Crippen LogP contribution >= 0.6 is 22.9 Å². The quantitative estimate of drug-likeness (QED) is 0.526. The molecule has 2 aromatic carbocycles. The zero-order chi connectivity index (χ0) is 16.8. The first kappa shape index (κ1) is 16.2. The summed E-state index contributed by atoms with van der Waals surface area (Å²) in [5.41, 5.74) is 6.14. The molecule has 0 unspecified atom stereocenters. The van der Waals surface area contributed by atoms with E-state index in [4.69, 9.17) is 11.6 Å². The number of hydrogen-bond acceptors (Lipinski definition) is 5. The maximum Gasteiger partial charge on any atom is 0.283 e. The van der Waals surface area contributed by atoms with Gasteiger partial charge in [0, 0.05) is 10.1 Å². The number of hydrogen-bond donors (Lipinski definition) is 2. The largest absolute Gasteiger partial charge is 0.283 e. The van der Waals surface area contributed by atoms with Crippen LogP contribution in [0.2, 0.25) is 5.02 Å². The minimum absolute atomic E-state index is 0.345. The van der Waals surface area contributed by atoms with Crippen LogP contribution in [0, 0.1) is 0 Å². The molecule has 0 aliphatic rings. The average Bonchev–Trinajstić information content (AvgIpc) is 2.96. The van der Waals surface area contributed by atoms with Gasteiger partial charge in [-0.3, -0.25) is 10.2 Å². The third kappa shape index (κ3) is 3.79. The average molecular weight is 357 g/mol. The van der Waals surface area contributed by atoms with Gasteiger partial charge in [-0.1, -0.05) is 48.0 Å². The molecule has 0 fully saturated rings. The Morgan fingerprint density at radius 1 is 1.00 bits per heavy atom. The van der Waals surface area contributed by atoms with E-state index in [0.717, 1.165) is 15.8 Å². The van der Waals surface area contributed by atoms with Gasteiger partial charge in [-0.05, 0) is 18.2 Å². The molecular weight excluding hydrogens is 344 g/mol. The lowest BCUT2D eigenvalue weighted by Gasteiger charge is -1.97. The van der Waals surface area contributed by atoms with Crippen molar-refractivity contribution in [3.63, 3.8) is 0 Å². The zero-order valence-corrected chi connectivity index (χ0v) is 14.0. The Kier molecular flexibility index (Phi) is 5.20. The number of nitrogens with one attached hydrogen (secondary N) is 2. The third-order valence-electron chi connectivity index (χ3n) is 3.09. The van der Waals surface area contributed by atoms with Gasteiger partial charge in [0.25, 0.3) is 5.91 Å². The standard InChI is InChI=1S/C17H13ClN4OS/c18-15-13-8-4-5-9-14(13)24-16(15)17(23)22-20-11-10-19-21-12-6-2-1-3-7-12/h1-11,21H,(H,22,23)/b19-10+,20-11+. The van der Waals surface area contributed by atoms with Crippen molar-refractivity contribution in [2.75, 3.05) is 5.43 Å². The van der Waals surface area contributed by atoms with Crippen molar-refractivity contribution in [3.8, 4) is 0 Å². The molecule has 0 atom stereocenters. The van der Waals surface area contributed by atoms with Crippen molar-refractivity contribution in [3.05, 3.63) is 64.5 Å². The van der Waals surface area contributed by atoms with Crippen molar-refractivity contribution >= 4 is 57.0 Å². The lowest BCUT2D eigenvalue weighted by Crippen LogP contribution is -2.16. The van der Waals surface area contributed by atoms with Gasteiger partial charge in [0.05, 0.1) is 23.1 Å². The van der Waals surface area contributed by atoms with Gasteiger partial charge in [-0.2, -0.15) is 10.2 Å².